The highest BCUT2D eigenvalue weighted by molar-refractivity contribution is 5.94. The van der Waals surface area contributed by atoms with Crippen LogP contribution in [0.4, 0.5) is 0 Å². The van der Waals surface area contributed by atoms with E-state index in [9.17, 15) is 4.79 Å². The number of para-hydroxylation sites is 2. The highest BCUT2D eigenvalue weighted by Crippen LogP contribution is 2.21. The van der Waals surface area contributed by atoms with Crippen molar-refractivity contribution in [1.29, 1.82) is 0 Å². The van der Waals surface area contributed by atoms with Crippen molar-refractivity contribution in [3.8, 4) is 0 Å². The molecule has 0 radical (unpaired) electrons. The van der Waals surface area contributed by atoms with Crippen molar-refractivity contribution in [2.45, 2.75) is 13.3 Å². The standard InChI is InChI=1S/C16H15NO/c1-3-11-7-6-9-13-15(11)17(2)14-10-5-4-8-12(14)16(13)18/h4-10H,3H2,1-2H3. The van der Waals surface area contributed by atoms with Crippen molar-refractivity contribution in [3.05, 3.63) is 58.3 Å². The third kappa shape index (κ3) is 1.39. The zero-order chi connectivity index (χ0) is 12.7. The van der Waals surface area contributed by atoms with E-state index in [1.165, 1.54) is 5.56 Å². The van der Waals surface area contributed by atoms with Gasteiger partial charge in [-0.15, -0.1) is 0 Å². The van der Waals surface area contributed by atoms with Gasteiger partial charge in [0.1, 0.15) is 0 Å². The Balaban J connectivity index is 2.67. The van der Waals surface area contributed by atoms with Gasteiger partial charge in [0, 0.05) is 17.8 Å². The minimum atomic E-state index is 0.133. The summed E-state index contributed by atoms with van der Waals surface area (Å²) in [6.45, 7) is 2.12. The maximum atomic E-state index is 12.5. The normalized spacial score (nSPS) is 11.2. The molecule has 3 rings (SSSR count). The molecule has 0 spiro atoms. The molecule has 1 aromatic heterocycles. The smallest absolute Gasteiger partial charge is 0.197 e. The van der Waals surface area contributed by atoms with E-state index in [2.05, 4.69) is 17.6 Å². The first-order valence-corrected chi connectivity index (χ1v) is 6.23. The Labute approximate surface area is 105 Å². The quantitative estimate of drug-likeness (QED) is 0.595. The van der Waals surface area contributed by atoms with Gasteiger partial charge >= 0.3 is 0 Å². The molecule has 0 N–H and O–H groups in total. The van der Waals surface area contributed by atoms with Gasteiger partial charge in [-0.25, -0.2) is 0 Å². The summed E-state index contributed by atoms with van der Waals surface area (Å²) in [6.07, 6.45) is 0.933. The van der Waals surface area contributed by atoms with Crippen LogP contribution in [0.1, 0.15) is 12.5 Å². The fourth-order valence-corrected chi connectivity index (χ4v) is 2.68. The molecule has 0 atom stereocenters. The predicted octanol–water partition coefficient (Wildman–Crippen LogP) is 3.25. The molecule has 0 aliphatic rings. The van der Waals surface area contributed by atoms with E-state index >= 15 is 0 Å². The number of pyridine rings is 1. The van der Waals surface area contributed by atoms with E-state index < -0.39 is 0 Å². The van der Waals surface area contributed by atoms with Gasteiger partial charge in [-0.2, -0.15) is 0 Å². The molecule has 3 aromatic rings. The number of hydrogen-bond acceptors (Lipinski definition) is 1. The molecule has 0 aliphatic carbocycles. The second kappa shape index (κ2) is 3.98. The molecule has 0 saturated carbocycles. The molecule has 0 unspecified atom stereocenters. The molecule has 2 nitrogen and oxygen atoms in total. The Kier molecular flexibility index (Phi) is 2.44. The molecule has 0 fully saturated rings. The molecule has 90 valence electrons. The number of aryl methyl sites for hydroxylation is 2. The summed E-state index contributed by atoms with van der Waals surface area (Å²) >= 11 is 0. The van der Waals surface area contributed by atoms with Crippen molar-refractivity contribution >= 4 is 21.8 Å². The number of aromatic nitrogens is 1. The SMILES string of the molecule is CCc1cccc2c(=O)c3ccccc3n(C)c12. The lowest BCUT2D eigenvalue weighted by Crippen LogP contribution is -2.10. The van der Waals surface area contributed by atoms with Gasteiger partial charge in [0.2, 0.25) is 0 Å². The van der Waals surface area contributed by atoms with Crippen LogP contribution in [0.25, 0.3) is 21.8 Å². The number of fused-ring (bicyclic) bond motifs is 2. The van der Waals surface area contributed by atoms with E-state index in [0.717, 1.165) is 28.2 Å². The van der Waals surface area contributed by atoms with E-state index in [4.69, 9.17) is 0 Å². The topological polar surface area (TPSA) is 22.0 Å². The van der Waals surface area contributed by atoms with E-state index in [1.807, 2.05) is 43.4 Å². The molecular weight excluding hydrogens is 222 g/mol. The fourth-order valence-electron chi connectivity index (χ4n) is 2.68. The lowest BCUT2D eigenvalue weighted by atomic mass is 10.0. The zero-order valence-corrected chi connectivity index (χ0v) is 10.6. The first-order valence-electron chi connectivity index (χ1n) is 6.23. The minimum absolute atomic E-state index is 0.133. The highest BCUT2D eigenvalue weighted by atomic mass is 16.1. The van der Waals surface area contributed by atoms with Crippen LogP contribution < -0.4 is 5.43 Å². The van der Waals surface area contributed by atoms with Crippen LogP contribution in [0.15, 0.2) is 47.3 Å². The third-order valence-corrected chi connectivity index (χ3v) is 3.59. The summed E-state index contributed by atoms with van der Waals surface area (Å²) in [5.41, 5.74) is 3.41. The molecule has 18 heavy (non-hydrogen) atoms. The zero-order valence-electron chi connectivity index (χ0n) is 10.6. The van der Waals surface area contributed by atoms with Crippen LogP contribution in [-0.2, 0) is 13.5 Å². The second-order valence-corrected chi connectivity index (χ2v) is 4.57. The van der Waals surface area contributed by atoms with Gasteiger partial charge in [-0.1, -0.05) is 31.2 Å². The molecule has 2 aromatic carbocycles. The van der Waals surface area contributed by atoms with Crippen LogP contribution in [0, 0.1) is 0 Å². The van der Waals surface area contributed by atoms with Crippen molar-refractivity contribution in [3.63, 3.8) is 0 Å². The van der Waals surface area contributed by atoms with Crippen molar-refractivity contribution < 1.29 is 0 Å². The first kappa shape index (κ1) is 11.0. The number of nitrogens with zero attached hydrogens (tertiary/aromatic N) is 1. The first-order chi connectivity index (χ1) is 8.74. The summed E-state index contributed by atoms with van der Waals surface area (Å²) in [5.74, 6) is 0. The van der Waals surface area contributed by atoms with E-state index in [0.29, 0.717) is 0 Å². The van der Waals surface area contributed by atoms with Crippen LogP contribution >= 0.6 is 0 Å². The summed E-state index contributed by atoms with van der Waals surface area (Å²) in [6, 6.07) is 13.8. The summed E-state index contributed by atoms with van der Waals surface area (Å²) in [5, 5.41) is 1.61. The molecule has 2 heteroatoms. The molecule has 0 amide bonds. The molecule has 0 saturated heterocycles. The number of rotatable bonds is 1. The summed E-state index contributed by atoms with van der Waals surface area (Å²) in [4.78, 5) is 12.5. The predicted molar refractivity (Wildman–Crippen MR) is 76.1 cm³/mol. The van der Waals surface area contributed by atoms with Gasteiger partial charge in [0.25, 0.3) is 0 Å². The second-order valence-electron chi connectivity index (χ2n) is 4.57. The van der Waals surface area contributed by atoms with Crippen LogP contribution in [0.2, 0.25) is 0 Å². The van der Waals surface area contributed by atoms with E-state index in [1.54, 1.807) is 0 Å². The summed E-state index contributed by atoms with van der Waals surface area (Å²) in [7, 11) is 2.03. The Hall–Kier alpha value is -2.09. The van der Waals surface area contributed by atoms with Crippen molar-refractivity contribution in [2.24, 2.45) is 7.05 Å². The average Bonchev–Trinajstić information content (AvgIpc) is 2.44. The molecule has 1 heterocycles. The van der Waals surface area contributed by atoms with Crippen LogP contribution in [0.5, 0.6) is 0 Å². The Morgan fingerprint density at radius 3 is 2.50 bits per heavy atom. The molecule has 0 aliphatic heterocycles. The molecular formula is C16H15NO. The molecule has 0 bridgehead atoms. The van der Waals surface area contributed by atoms with Gasteiger partial charge in [-0.05, 0) is 30.2 Å². The average molecular weight is 237 g/mol. The van der Waals surface area contributed by atoms with Gasteiger partial charge in [0.15, 0.2) is 5.43 Å². The maximum Gasteiger partial charge on any atom is 0.197 e. The lowest BCUT2D eigenvalue weighted by molar-refractivity contribution is 0.983. The van der Waals surface area contributed by atoms with Crippen LogP contribution in [-0.4, -0.2) is 4.57 Å². The van der Waals surface area contributed by atoms with Crippen molar-refractivity contribution in [2.75, 3.05) is 0 Å². The Morgan fingerprint density at radius 1 is 1.00 bits per heavy atom. The van der Waals surface area contributed by atoms with Gasteiger partial charge in [-0.3, -0.25) is 4.79 Å². The lowest BCUT2D eigenvalue weighted by Gasteiger charge is -2.13. The third-order valence-electron chi connectivity index (χ3n) is 3.59. The van der Waals surface area contributed by atoms with Gasteiger partial charge in [0.05, 0.1) is 11.0 Å². The Bertz CT molecular complexity index is 799. The highest BCUT2D eigenvalue weighted by Gasteiger charge is 2.10. The minimum Gasteiger partial charge on any atom is -0.343 e. The monoisotopic (exact) mass is 237 g/mol. The fraction of sp³-hybridized carbons (Fsp3) is 0.188. The van der Waals surface area contributed by atoms with Crippen molar-refractivity contribution in [1.82, 2.24) is 4.57 Å². The maximum absolute atomic E-state index is 12.5. The summed E-state index contributed by atoms with van der Waals surface area (Å²) < 4.78 is 2.13. The number of benzene rings is 2. The van der Waals surface area contributed by atoms with E-state index in [-0.39, 0.29) is 5.43 Å². The number of hydrogen-bond donors (Lipinski definition) is 0. The largest absolute Gasteiger partial charge is 0.343 e. The Morgan fingerprint density at radius 2 is 1.72 bits per heavy atom. The van der Waals surface area contributed by atoms with Crippen LogP contribution in [0.3, 0.4) is 0 Å². The van der Waals surface area contributed by atoms with Gasteiger partial charge < -0.3 is 4.57 Å².